The molecule has 4 rings (SSSR count). The maximum absolute atomic E-state index is 12.7. The van der Waals surface area contributed by atoms with Crippen LogP contribution in [0.2, 0.25) is 0 Å². The number of likely N-dealkylation sites (tertiary alicyclic amines) is 1. The van der Waals surface area contributed by atoms with Crippen LogP contribution in [0.1, 0.15) is 24.2 Å². The second kappa shape index (κ2) is 6.84. The third-order valence-corrected chi connectivity index (χ3v) is 5.80. The molecule has 0 radical (unpaired) electrons. The zero-order valence-corrected chi connectivity index (χ0v) is 15.3. The lowest BCUT2D eigenvalue weighted by molar-refractivity contribution is -0.148. The molecule has 27 heavy (non-hydrogen) atoms. The minimum Gasteiger partial charge on any atom is -0.375 e. The lowest BCUT2D eigenvalue weighted by Gasteiger charge is -2.50. The largest absolute Gasteiger partial charge is 0.375 e. The molecule has 0 aliphatic carbocycles. The second-order valence-corrected chi connectivity index (χ2v) is 7.22. The van der Waals surface area contributed by atoms with E-state index in [-0.39, 0.29) is 24.5 Å². The summed E-state index contributed by atoms with van der Waals surface area (Å²) in [7, 11) is 1.51. The first-order valence-electron chi connectivity index (χ1n) is 9.20. The van der Waals surface area contributed by atoms with E-state index in [1.807, 2.05) is 4.90 Å². The van der Waals surface area contributed by atoms with Gasteiger partial charge in [0, 0.05) is 45.4 Å². The van der Waals surface area contributed by atoms with Crippen LogP contribution in [-0.4, -0.2) is 83.6 Å². The summed E-state index contributed by atoms with van der Waals surface area (Å²) < 4.78 is 5.07. The second-order valence-electron chi connectivity index (χ2n) is 7.22. The van der Waals surface area contributed by atoms with Crippen LogP contribution in [0.5, 0.6) is 0 Å². The summed E-state index contributed by atoms with van der Waals surface area (Å²) in [5.74, 6) is -0.144. The normalized spacial score (nSPS) is 23.7. The molecule has 2 saturated heterocycles. The number of aromatic amines is 1. The first-order valence-corrected chi connectivity index (χ1v) is 9.20. The van der Waals surface area contributed by atoms with E-state index in [4.69, 9.17) is 4.74 Å². The Labute approximate surface area is 156 Å². The zero-order chi connectivity index (χ0) is 19.0. The van der Waals surface area contributed by atoms with E-state index < -0.39 is 11.6 Å². The van der Waals surface area contributed by atoms with Gasteiger partial charge in [0.15, 0.2) is 0 Å². The first-order chi connectivity index (χ1) is 13.0. The number of fused-ring (bicyclic) bond motifs is 2. The number of hydrogen-bond acceptors (Lipinski definition) is 5. The average Bonchev–Trinajstić information content (AvgIpc) is 3.32. The summed E-state index contributed by atoms with van der Waals surface area (Å²) >= 11 is 0. The molecule has 0 saturated carbocycles. The fourth-order valence-corrected chi connectivity index (χ4v) is 4.47. The minimum absolute atomic E-state index is 0.0317. The highest BCUT2D eigenvalue weighted by Gasteiger charge is 2.49. The van der Waals surface area contributed by atoms with Crippen molar-refractivity contribution < 1.29 is 19.1 Å². The Kier molecular flexibility index (Phi) is 4.50. The maximum Gasteiger partial charge on any atom is 0.315 e. The van der Waals surface area contributed by atoms with Gasteiger partial charge < -0.3 is 30.2 Å². The quantitative estimate of drug-likeness (QED) is 0.621. The molecule has 1 aromatic rings. The van der Waals surface area contributed by atoms with E-state index in [1.165, 1.54) is 7.11 Å². The number of imidazole rings is 1. The molecule has 1 spiro atoms. The predicted octanol–water partition coefficient (Wildman–Crippen LogP) is -1.06. The number of piperidine rings is 1. The summed E-state index contributed by atoms with van der Waals surface area (Å²) in [5.41, 5.74) is 1.45. The summed E-state index contributed by atoms with van der Waals surface area (Å²) in [4.78, 5) is 48.0. The van der Waals surface area contributed by atoms with E-state index in [0.29, 0.717) is 39.0 Å². The number of methoxy groups -OCH3 is 1. The SMILES string of the molecule is COCC(=O)N1CCc2[nH]cnc2C12CCN(C(=O)[C@H]1CNC(=O)N1)CC2. The summed E-state index contributed by atoms with van der Waals surface area (Å²) in [6.07, 6.45) is 3.63. The Balaban J connectivity index is 1.54. The number of hydrogen-bond donors (Lipinski definition) is 3. The molecule has 3 aliphatic rings. The van der Waals surface area contributed by atoms with Crippen molar-refractivity contribution in [2.24, 2.45) is 0 Å². The van der Waals surface area contributed by atoms with Gasteiger partial charge in [-0.05, 0) is 12.8 Å². The number of rotatable bonds is 3. The van der Waals surface area contributed by atoms with Crippen molar-refractivity contribution in [3.8, 4) is 0 Å². The maximum atomic E-state index is 12.7. The molecule has 1 atom stereocenters. The van der Waals surface area contributed by atoms with Crippen LogP contribution in [0.3, 0.4) is 0 Å². The van der Waals surface area contributed by atoms with Crippen molar-refractivity contribution in [2.75, 3.05) is 39.9 Å². The Morgan fingerprint density at radius 2 is 2.11 bits per heavy atom. The van der Waals surface area contributed by atoms with Gasteiger partial charge in [0.25, 0.3) is 0 Å². The van der Waals surface area contributed by atoms with Gasteiger partial charge in [-0.3, -0.25) is 9.59 Å². The molecule has 10 heteroatoms. The molecule has 4 amide bonds. The number of carbonyl (C=O) groups excluding carboxylic acids is 3. The standard InChI is InChI=1S/C17H24N6O4/c1-27-9-13(24)23-5-2-11-14(20-10-19-11)17(23)3-6-22(7-4-17)15(25)12-8-18-16(26)21-12/h10,12H,2-9H2,1H3,(H,19,20)(H2,18,21,26)/t12-/m1/s1. The number of ether oxygens (including phenoxy) is 1. The highest BCUT2D eigenvalue weighted by Crippen LogP contribution is 2.42. The number of carbonyl (C=O) groups is 3. The monoisotopic (exact) mass is 376 g/mol. The average molecular weight is 376 g/mol. The molecule has 2 fully saturated rings. The van der Waals surface area contributed by atoms with Gasteiger partial charge >= 0.3 is 6.03 Å². The van der Waals surface area contributed by atoms with Crippen LogP contribution in [0, 0.1) is 0 Å². The van der Waals surface area contributed by atoms with Crippen molar-refractivity contribution in [3.05, 3.63) is 17.7 Å². The van der Waals surface area contributed by atoms with E-state index in [0.717, 1.165) is 17.8 Å². The summed E-state index contributed by atoms with van der Waals surface area (Å²) in [6, 6.07) is -0.836. The fourth-order valence-electron chi connectivity index (χ4n) is 4.47. The van der Waals surface area contributed by atoms with Gasteiger partial charge in [-0.25, -0.2) is 9.78 Å². The summed E-state index contributed by atoms with van der Waals surface area (Å²) in [5, 5.41) is 5.25. The van der Waals surface area contributed by atoms with Crippen LogP contribution in [0.4, 0.5) is 4.79 Å². The van der Waals surface area contributed by atoms with E-state index in [1.54, 1.807) is 11.2 Å². The number of nitrogens with zero attached hydrogens (tertiary/aromatic N) is 3. The Hall–Kier alpha value is -2.62. The molecular weight excluding hydrogens is 352 g/mol. The number of nitrogens with one attached hydrogen (secondary N) is 3. The zero-order valence-electron chi connectivity index (χ0n) is 15.3. The molecule has 4 heterocycles. The molecule has 0 aromatic carbocycles. The van der Waals surface area contributed by atoms with Crippen LogP contribution in [0.25, 0.3) is 0 Å². The molecule has 3 aliphatic heterocycles. The van der Waals surface area contributed by atoms with Crippen molar-refractivity contribution in [1.82, 2.24) is 30.4 Å². The van der Waals surface area contributed by atoms with E-state index in [9.17, 15) is 14.4 Å². The first kappa shape index (κ1) is 17.8. The van der Waals surface area contributed by atoms with Gasteiger partial charge in [0.2, 0.25) is 11.8 Å². The number of urea groups is 1. The molecule has 3 N–H and O–H groups in total. The third kappa shape index (κ3) is 2.93. The summed E-state index contributed by atoms with van der Waals surface area (Å²) in [6.45, 7) is 1.96. The van der Waals surface area contributed by atoms with E-state index in [2.05, 4.69) is 20.6 Å². The highest BCUT2D eigenvalue weighted by molar-refractivity contribution is 5.90. The predicted molar refractivity (Wildman–Crippen MR) is 93.7 cm³/mol. The van der Waals surface area contributed by atoms with E-state index >= 15 is 0 Å². The van der Waals surface area contributed by atoms with Gasteiger partial charge in [-0.1, -0.05) is 0 Å². The van der Waals surface area contributed by atoms with Crippen molar-refractivity contribution >= 4 is 17.8 Å². The molecule has 0 bridgehead atoms. The fraction of sp³-hybridized carbons (Fsp3) is 0.647. The molecular formula is C17H24N6O4. The number of aromatic nitrogens is 2. The highest BCUT2D eigenvalue weighted by atomic mass is 16.5. The Morgan fingerprint density at radius 3 is 2.78 bits per heavy atom. The number of H-pyrrole nitrogens is 1. The smallest absolute Gasteiger partial charge is 0.315 e. The van der Waals surface area contributed by atoms with Crippen LogP contribution in [0.15, 0.2) is 6.33 Å². The molecule has 146 valence electrons. The minimum atomic E-state index is -0.523. The van der Waals surface area contributed by atoms with Crippen molar-refractivity contribution in [3.63, 3.8) is 0 Å². The Bertz CT molecular complexity index is 754. The third-order valence-electron chi connectivity index (χ3n) is 5.80. The van der Waals surface area contributed by atoms with Gasteiger partial charge in [0.05, 0.1) is 17.6 Å². The molecule has 10 nitrogen and oxygen atoms in total. The van der Waals surface area contributed by atoms with Crippen LogP contribution < -0.4 is 10.6 Å². The van der Waals surface area contributed by atoms with Crippen LogP contribution >= 0.6 is 0 Å². The number of amides is 4. The topological polar surface area (TPSA) is 120 Å². The van der Waals surface area contributed by atoms with Crippen molar-refractivity contribution in [2.45, 2.75) is 30.8 Å². The molecule has 0 unspecified atom stereocenters. The van der Waals surface area contributed by atoms with Gasteiger partial charge in [-0.2, -0.15) is 0 Å². The van der Waals surface area contributed by atoms with Gasteiger partial charge in [-0.15, -0.1) is 0 Å². The van der Waals surface area contributed by atoms with Crippen LogP contribution in [-0.2, 0) is 26.3 Å². The van der Waals surface area contributed by atoms with Gasteiger partial charge in [0.1, 0.15) is 12.6 Å². The Morgan fingerprint density at radius 1 is 1.33 bits per heavy atom. The van der Waals surface area contributed by atoms with Crippen molar-refractivity contribution in [1.29, 1.82) is 0 Å². The molecule has 1 aromatic heterocycles. The lowest BCUT2D eigenvalue weighted by atomic mass is 9.78. The lowest BCUT2D eigenvalue weighted by Crippen LogP contribution is -2.60.